The fraction of sp³-hybridized carbons (Fsp3) is 0.455. The maximum absolute atomic E-state index is 3.58. The lowest BCUT2D eigenvalue weighted by atomic mass is 9.99. The van der Waals surface area contributed by atoms with Crippen LogP contribution in [0, 0.1) is 12.8 Å². The first kappa shape index (κ1) is 9.79. The van der Waals surface area contributed by atoms with E-state index in [0.717, 1.165) is 12.3 Å². The van der Waals surface area contributed by atoms with E-state index in [0.29, 0.717) is 0 Å². The van der Waals surface area contributed by atoms with Crippen molar-refractivity contribution in [3.63, 3.8) is 0 Å². The predicted octanol–water partition coefficient (Wildman–Crippen LogP) is 3.96. The Labute approximate surface area is 83.1 Å². The van der Waals surface area contributed by atoms with Gasteiger partial charge in [0.2, 0.25) is 0 Å². The molecule has 0 aliphatic heterocycles. The second-order valence-electron chi connectivity index (χ2n) is 3.63. The Morgan fingerprint density at radius 1 is 1.33 bits per heavy atom. The lowest BCUT2D eigenvalue weighted by Crippen LogP contribution is -1.97. The van der Waals surface area contributed by atoms with Gasteiger partial charge in [0.1, 0.15) is 0 Å². The van der Waals surface area contributed by atoms with E-state index in [-0.39, 0.29) is 0 Å². The summed E-state index contributed by atoms with van der Waals surface area (Å²) in [4.78, 5) is 0. The largest absolute Gasteiger partial charge is 0.0625 e. The number of aryl methyl sites for hydroxylation is 1. The van der Waals surface area contributed by atoms with Crippen molar-refractivity contribution in [1.82, 2.24) is 0 Å². The average Bonchev–Trinajstić information content (AvgIpc) is 1.97. The Morgan fingerprint density at radius 2 is 2.00 bits per heavy atom. The average molecular weight is 227 g/mol. The van der Waals surface area contributed by atoms with Gasteiger partial charge in [-0.15, -0.1) is 0 Å². The molecule has 0 bridgehead atoms. The number of halogens is 1. The monoisotopic (exact) mass is 226 g/mol. The van der Waals surface area contributed by atoms with Gasteiger partial charge in [0, 0.05) is 4.47 Å². The molecule has 1 heteroatoms. The summed E-state index contributed by atoms with van der Waals surface area (Å²) in [5.41, 5.74) is 2.84. The zero-order chi connectivity index (χ0) is 9.14. The molecule has 0 aliphatic rings. The minimum Gasteiger partial charge on any atom is -0.0625 e. The molecule has 0 saturated carbocycles. The molecular weight excluding hydrogens is 212 g/mol. The first-order chi connectivity index (χ1) is 5.61. The fourth-order valence-corrected chi connectivity index (χ4v) is 1.96. The van der Waals surface area contributed by atoms with Gasteiger partial charge in [0.15, 0.2) is 0 Å². The van der Waals surface area contributed by atoms with Crippen LogP contribution < -0.4 is 0 Å². The molecule has 0 radical (unpaired) electrons. The molecule has 0 saturated heterocycles. The summed E-state index contributed by atoms with van der Waals surface area (Å²) in [5, 5.41) is 0. The molecule has 0 atom stereocenters. The van der Waals surface area contributed by atoms with Crippen molar-refractivity contribution in [1.29, 1.82) is 0 Å². The Bertz CT molecular complexity index is 243. The number of benzene rings is 1. The Hall–Kier alpha value is -0.300. The Morgan fingerprint density at radius 3 is 2.50 bits per heavy atom. The maximum Gasteiger partial charge on any atom is 0.0210 e. The van der Waals surface area contributed by atoms with Crippen LogP contribution in [0.5, 0.6) is 0 Å². The second kappa shape index (κ2) is 4.08. The minimum absolute atomic E-state index is 0.724. The summed E-state index contributed by atoms with van der Waals surface area (Å²) in [5.74, 6) is 0.724. The van der Waals surface area contributed by atoms with Gasteiger partial charge in [-0.05, 0) is 36.5 Å². The van der Waals surface area contributed by atoms with E-state index < -0.39 is 0 Å². The van der Waals surface area contributed by atoms with E-state index in [4.69, 9.17) is 0 Å². The second-order valence-corrected chi connectivity index (χ2v) is 4.49. The van der Waals surface area contributed by atoms with Crippen molar-refractivity contribution < 1.29 is 0 Å². The normalized spacial score (nSPS) is 10.8. The van der Waals surface area contributed by atoms with Crippen LogP contribution in [0.4, 0.5) is 0 Å². The van der Waals surface area contributed by atoms with Crippen LogP contribution in [0.3, 0.4) is 0 Å². The smallest absolute Gasteiger partial charge is 0.0210 e. The van der Waals surface area contributed by atoms with Crippen molar-refractivity contribution in [2.24, 2.45) is 5.92 Å². The van der Waals surface area contributed by atoms with Crippen LogP contribution >= 0.6 is 15.9 Å². The number of hydrogen-bond donors (Lipinski definition) is 0. The van der Waals surface area contributed by atoms with Gasteiger partial charge in [0.25, 0.3) is 0 Å². The van der Waals surface area contributed by atoms with E-state index in [1.54, 1.807) is 0 Å². The molecule has 1 aromatic carbocycles. The fourth-order valence-electron chi connectivity index (χ4n) is 1.33. The van der Waals surface area contributed by atoms with E-state index in [1.165, 1.54) is 15.6 Å². The quantitative estimate of drug-likeness (QED) is 0.717. The van der Waals surface area contributed by atoms with Gasteiger partial charge in [-0.25, -0.2) is 0 Å². The molecule has 0 aromatic heterocycles. The lowest BCUT2D eigenvalue weighted by Gasteiger charge is -2.10. The van der Waals surface area contributed by atoms with Gasteiger partial charge in [-0.3, -0.25) is 0 Å². The summed E-state index contributed by atoms with van der Waals surface area (Å²) < 4.78 is 1.25. The highest BCUT2D eigenvalue weighted by atomic mass is 79.9. The summed E-state index contributed by atoms with van der Waals surface area (Å²) in [6, 6.07) is 6.37. The van der Waals surface area contributed by atoms with Gasteiger partial charge in [-0.2, -0.15) is 0 Å². The number of hydrogen-bond acceptors (Lipinski definition) is 0. The molecule has 66 valence electrons. The van der Waals surface area contributed by atoms with Crippen LogP contribution in [-0.2, 0) is 6.42 Å². The van der Waals surface area contributed by atoms with Crippen LogP contribution in [0.15, 0.2) is 22.7 Å². The zero-order valence-corrected chi connectivity index (χ0v) is 9.48. The molecule has 1 rings (SSSR count). The van der Waals surface area contributed by atoms with Crippen LogP contribution in [0.2, 0.25) is 0 Å². The first-order valence-electron chi connectivity index (χ1n) is 4.35. The first-order valence-corrected chi connectivity index (χ1v) is 5.14. The SMILES string of the molecule is Cc1cccc(Br)c1CC(C)C. The molecule has 0 unspecified atom stereocenters. The standard InChI is InChI=1S/C11H15Br/c1-8(2)7-10-9(3)5-4-6-11(10)12/h4-6,8H,7H2,1-3H3. The summed E-state index contributed by atoms with van der Waals surface area (Å²) in [6.07, 6.45) is 1.16. The number of rotatable bonds is 2. The molecule has 0 N–H and O–H groups in total. The Kier molecular flexibility index (Phi) is 3.33. The van der Waals surface area contributed by atoms with Gasteiger partial charge in [-0.1, -0.05) is 41.9 Å². The van der Waals surface area contributed by atoms with Crippen molar-refractivity contribution in [3.8, 4) is 0 Å². The van der Waals surface area contributed by atoms with Crippen molar-refractivity contribution in [2.45, 2.75) is 27.2 Å². The van der Waals surface area contributed by atoms with Crippen molar-refractivity contribution >= 4 is 15.9 Å². The van der Waals surface area contributed by atoms with Crippen LogP contribution in [0.25, 0.3) is 0 Å². The predicted molar refractivity (Wildman–Crippen MR) is 57.4 cm³/mol. The molecule has 12 heavy (non-hydrogen) atoms. The third-order valence-electron chi connectivity index (χ3n) is 1.97. The van der Waals surface area contributed by atoms with Crippen LogP contribution in [0.1, 0.15) is 25.0 Å². The van der Waals surface area contributed by atoms with E-state index in [2.05, 4.69) is 54.9 Å². The molecule has 0 nitrogen and oxygen atoms in total. The third kappa shape index (κ3) is 2.34. The maximum atomic E-state index is 3.58. The third-order valence-corrected chi connectivity index (χ3v) is 2.71. The van der Waals surface area contributed by atoms with Crippen LogP contribution in [-0.4, -0.2) is 0 Å². The highest BCUT2D eigenvalue weighted by Gasteiger charge is 2.04. The van der Waals surface area contributed by atoms with Gasteiger partial charge in [0.05, 0.1) is 0 Å². The van der Waals surface area contributed by atoms with Crippen molar-refractivity contribution in [3.05, 3.63) is 33.8 Å². The summed E-state index contributed by atoms with van der Waals surface area (Å²) in [7, 11) is 0. The van der Waals surface area contributed by atoms with Gasteiger partial charge >= 0.3 is 0 Å². The molecule has 0 heterocycles. The molecule has 1 aromatic rings. The highest BCUT2D eigenvalue weighted by Crippen LogP contribution is 2.22. The van der Waals surface area contributed by atoms with Crippen molar-refractivity contribution in [2.75, 3.05) is 0 Å². The van der Waals surface area contributed by atoms with Gasteiger partial charge < -0.3 is 0 Å². The van der Waals surface area contributed by atoms with E-state index in [9.17, 15) is 0 Å². The zero-order valence-electron chi connectivity index (χ0n) is 7.89. The lowest BCUT2D eigenvalue weighted by molar-refractivity contribution is 0.643. The van der Waals surface area contributed by atoms with E-state index >= 15 is 0 Å². The topological polar surface area (TPSA) is 0 Å². The molecule has 0 spiro atoms. The minimum atomic E-state index is 0.724. The Balaban J connectivity index is 2.96. The summed E-state index contributed by atoms with van der Waals surface area (Å²) >= 11 is 3.58. The molecule has 0 fully saturated rings. The highest BCUT2D eigenvalue weighted by molar-refractivity contribution is 9.10. The summed E-state index contributed by atoms with van der Waals surface area (Å²) in [6.45, 7) is 6.67. The molecule has 0 aliphatic carbocycles. The van der Waals surface area contributed by atoms with E-state index in [1.807, 2.05) is 0 Å². The molecule has 0 amide bonds. The molecular formula is C11H15Br.